The predicted octanol–water partition coefficient (Wildman–Crippen LogP) is 3.17. The summed E-state index contributed by atoms with van der Waals surface area (Å²) in [5.74, 6) is -0.708. The van der Waals surface area contributed by atoms with Gasteiger partial charge in [-0.3, -0.25) is 4.79 Å². The van der Waals surface area contributed by atoms with Crippen LogP contribution in [0.5, 0.6) is 0 Å². The number of nitrogens with zero attached hydrogens (tertiary/aromatic N) is 2. The van der Waals surface area contributed by atoms with Gasteiger partial charge in [-0.15, -0.1) is 11.3 Å². The topological polar surface area (TPSA) is 70.5 Å². The molecule has 6 heteroatoms. The average molecular weight is 330 g/mol. The minimum absolute atomic E-state index is 0.0316. The van der Waals surface area contributed by atoms with E-state index in [1.54, 1.807) is 23.7 Å². The minimum atomic E-state index is -0.920. The number of carboxylic acids is 1. The molecule has 120 valence electrons. The maximum absolute atomic E-state index is 12.6. The summed E-state index contributed by atoms with van der Waals surface area (Å²) in [5, 5.41) is 9.13. The maximum atomic E-state index is 12.6. The summed E-state index contributed by atoms with van der Waals surface area (Å²) in [6, 6.07) is 7.03. The summed E-state index contributed by atoms with van der Waals surface area (Å²) in [6.45, 7) is 3.21. The van der Waals surface area contributed by atoms with Crippen molar-refractivity contribution in [1.29, 1.82) is 0 Å². The van der Waals surface area contributed by atoms with E-state index in [4.69, 9.17) is 5.11 Å². The zero-order valence-electron chi connectivity index (χ0n) is 12.9. The number of carbonyl (C=O) groups excluding carboxylic acids is 1. The first-order chi connectivity index (χ1) is 11.1. The summed E-state index contributed by atoms with van der Waals surface area (Å²) in [7, 11) is 0. The van der Waals surface area contributed by atoms with Crippen LogP contribution in [-0.4, -0.2) is 40.0 Å². The molecule has 1 fully saturated rings. The zero-order valence-corrected chi connectivity index (χ0v) is 13.7. The number of aromatic carboxylic acids is 1. The number of hydrogen-bond acceptors (Lipinski definition) is 4. The standard InChI is InChI=1S/C17H18N2O3S/c1-11-15(23-10-18-11)16(20)19-7-3-6-14(9-19)12-4-2-5-13(8-12)17(21)22/h2,4-5,8,10,14H,3,6-7,9H2,1H3,(H,21,22). The van der Waals surface area contributed by atoms with Gasteiger partial charge in [0.1, 0.15) is 4.88 Å². The van der Waals surface area contributed by atoms with Crippen molar-refractivity contribution in [2.24, 2.45) is 0 Å². The minimum Gasteiger partial charge on any atom is -0.478 e. The van der Waals surface area contributed by atoms with Crippen LogP contribution in [0.25, 0.3) is 0 Å². The molecule has 23 heavy (non-hydrogen) atoms. The average Bonchev–Trinajstić information content (AvgIpc) is 3.00. The number of hydrogen-bond donors (Lipinski definition) is 1. The molecule has 0 aliphatic carbocycles. The Labute approximate surface area is 138 Å². The first-order valence-corrected chi connectivity index (χ1v) is 8.47. The van der Waals surface area contributed by atoms with Crippen molar-refractivity contribution in [3.8, 4) is 0 Å². The molecule has 1 aliphatic heterocycles. The van der Waals surface area contributed by atoms with Gasteiger partial charge >= 0.3 is 5.97 Å². The monoisotopic (exact) mass is 330 g/mol. The number of piperidine rings is 1. The summed E-state index contributed by atoms with van der Waals surface area (Å²) >= 11 is 1.37. The highest BCUT2D eigenvalue weighted by Gasteiger charge is 2.27. The molecule has 0 spiro atoms. The van der Waals surface area contributed by atoms with Crippen LogP contribution in [0.4, 0.5) is 0 Å². The Kier molecular flexibility index (Phi) is 4.43. The Morgan fingerprint density at radius 3 is 2.91 bits per heavy atom. The second-order valence-electron chi connectivity index (χ2n) is 5.79. The molecule has 1 unspecified atom stereocenters. The van der Waals surface area contributed by atoms with Gasteiger partial charge in [0.05, 0.1) is 16.8 Å². The van der Waals surface area contributed by atoms with E-state index in [0.717, 1.165) is 30.6 Å². The van der Waals surface area contributed by atoms with Gasteiger partial charge in [-0.25, -0.2) is 9.78 Å². The molecular formula is C17H18N2O3S. The third-order valence-electron chi connectivity index (χ3n) is 4.25. The van der Waals surface area contributed by atoms with Crippen molar-refractivity contribution in [1.82, 2.24) is 9.88 Å². The highest BCUT2D eigenvalue weighted by atomic mass is 32.1. The Hall–Kier alpha value is -2.21. The number of thiazole rings is 1. The molecule has 0 radical (unpaired) electrons. The smallest absolute Gasteiger partial charge is 0.335 e. The molecule has 1 aromatic carbocycles. The van der Waals surface area contributed by atoms with Crippen molar-refractivity contribution in [2.75, 3.05) is 13.1 Å². The van der Waals surface area contributed by atoms with Crippen LogP contribution in [0, 0.1) is 6.92 Å². The van der Waals surface area contributed by atoms with Crippen molar-refractivity contribution in [2.45, 2.75) is 25.7 Å². The van der Waals surface area contributed by atoms with Crippen LogP contribution in [0.15, 0.2) is 29.8 Å². The molecule has 0 saturated carbocycles. The number of carbonyl (C=O) groups is 2. The molecule has 2 aromatic rings. The second-order valence-corrected chi connectivity index (χ2v) is 6.64. The van der Waals surface area contributed by atoms with E-state index < -0.39 is 5.97 Å². The van der Waals surface area contributed by atoms with Crippen LogP contribution in [0.2, 0.25) is 0 Å². The first kappa shape index (κ1) is 15.7. The molecule has 1 saturated heterocycles. The number of aromatic nitrogens is 1. The summed E-state index contributed by atoms with van der Waals surface area (Å²) in [6.07, 6.45) is 1.89. The van der Waals surface area contributed by atoms with Crippen LogP contribution < -0.4 is 0 Å². The molecule has 1 amide bonds. The van der Waals surface area contributed by atoms with E-state index in [9.17, 15) is 9.59 Å². The maximum Gasteiger partial charge on any atom is 0.335 e. The Balaban J connectivity index is 1.78. The second kappa shape index (κ2) is 6.50. The van der Waals surface area contributed by atoms with Crippen LogP contribution in [-0.2, 0) is 0 Å². The van der Waals surface area contributed by atoms with Crippen LogP contribution in [0.3, 0.4) is 0 Å². The molecule has 5 nitrogen and oxygen atoms in total. The number of benzene rings is 1. The Morgan fingerprint density at radius 1 is 1.39 bits per heavy atom. The molecular weight excluding hydrogens is 312 g/mol. The zero-order chi connectivity index (χ0) is 16.4. The van der Waals surface area contributed by atoms with Gasteiger partial charge in [-0.2, -0.15) is 0 Å². The molecule has 1 atom stereocenters. The number of aryl methyl sites for hydroxylation is 1. The first-order valence-electron chi connectivity index (χ1n) is 7.59. The number of amides is 1. The summed E-state index contributed by atoms with van der Waals surface area (Å²) in [5.41, 5.74) is 3.75. The van der Waals surface area contributed by atoms with Crippen molar-refractivity contribution in [3.63, 3.8) is 0 Å². The predicted molar refractivity (Wildman–Crippen MR) is 88.1 cm³/mol. The number of carboxylic acid groups (broad SMARTS) is 1. The highest BCUT2D eigenvalue weighted by Crippen LogP contribution is 2.29. The van der Waals surface area contributed by atoms with Crippen molar-refractivity contribution < 1.29 is 14.7 Å². The van der Waals surface area contributed by atoms with Gasteiger partial charge in [0.25, 0.3) is 5.91 Å². The van der Waals surface area contributed by atoms with E-state index in [-0.39, 0.29) is 11.8 Å². The molecule has 1 N–H and O–H groups in total. The third-order valence-corrected chi connectivity index (χ3v) is 5.17. The Morgan fingerprint density at radius 2 is 2.22 bits per heavy atom. The normalized spacial score (nSPS) is 18.0. The fourth-order valence-electron chi connectivity index (χ4n) is 3.01. The SMILES string of the molecule is Cc1ncsc1C(=O)N1CCCC(c2cccc(C(=O)O)c2)C1. The van der Waals surface area contributed by atoms with E-state index in [0.29, 0.717) is 17.0 Å². The van der Waals surface area contributed by atoms with E-state index >= 15 is 0 Å². The van der Waals surface area contributed by atoms with Gasteiger partial charge in [0, 0.05) is 19.0 Å². The van der Waals surface area contributed by atoms with Crippen molar-refractivity contribution in [3.05, 3.63) is 51.5 Å². The lowest BCUT2D eigenvalue weighted by molar-refractivity contribution is 0.0689. The third kappa shape index (κ3) is 3.27. The van der Waals surface area contributed by atoms with Crippen LogP contribution in [0.1, 0.15) is 50.0 Å². The fraction of sp³-hybridized carbons (Fsp3) is 0.353. The highest BCUT2D eigenvalue weighted by molar-refractivity contribution is 7.11. The van der Waals surface area contributed by atoms with Gasteiger partial charge in [-0.1, -0.05) is 12.1 Å². The van der Waals surface area contributed by atoms with E-state index in [1.807, 2.05) is 17.9 Å². The molecule has 3 rings (SSSR count). The van der Waals surface area contributed by atoms with Gasteiger partial charge < -0.3 is 10.0 Å². The summed E-state index contributed by atoms with van der Waals surface area (Å²) < 4.78 is 0. The van der Waals surface area contributed by atoms with Crippen molar-refractivity contribution >= 4 is 23.2 Å². The lowest BCUT2D eigenvalue weighted by atomic mass is 9.89. The number of likely N-dealkylation sites (tertiary alicyclic amines) is 1. The number of rotatable bonds is 3. The largest absolute Gasteiger partial charge is 0.478 e. The molecule has 1 aromatic heterocycles. The quantitative estimate of drug-likeness (QED) is 0.938. The lowest BCUT2D eigenvalue weighted by Gasteiger charge is -2.33. The molecule has 2 heterocycles. The van der Waals surface area contributed by atoms with E-state index in [2.05, 4.69) is 4.98 Å². The Bertz CT molecular complexity index is 741. The fourth-order valence-corrected chi connectivity index (χ4v) is 3.78. The van der Waals surface area contributed by atoms with Gasteiger partial charge in [0.2, 0.25) is 0 Å². The van der Waals surface area contributed by atoms with E-state index in [1.165, 1.54) is 11.3 Å². The lowest BCUT2D eigenvalue weighted by Crippen LogP contribution is -2.39. The summed E-state index contributed by atoms with van der Waals surface area (Å²) in [4.78, 5) is 30.5. The van der Waals surface area contributed by atoms with Gasteiger partial charge in [0.15, 0.2) is 0 Å². The molecule has 1 aliphatic rings. The van der Waals surface area contributed by atoms with Crippen LogP contribution >= 0.6 is 11.3 Å². The molecule has 0 bridgehead atoms. The van der Waals surface area contributed by atoms with Gasteiger partial charge in [-0.05, 0) is 37.5 Å².